The Labute approximate surface area is 141 Å². The lowest BCUT2D eigenvalue weighted by molar-refractivity contribution is 0.0916. The van der Waals surface area contributed by atoms with Gasteiger partial charge in [0.05, 0.1) is 16.3 Å². The van der Waals surface area contributed by atoms with Crippen LogP contribution < -0.4 is 0 Å². The lowest BCUT2D eigenvalue weighted by Crippen LogP contribution is -2.25. The topological polar surface area (TPSA) is 30.0 Å². The molecule has 2 nitrogen and oxygen atoms in total. The van der Waals surface area contributed by atoms with E-state index in [1.807, 2.05) is 12.1 Å². The number of hydrogen-bond donors (Lipinski definition) is 0. The van der Waals surface area contributed by atoms with Gasteiger partial charge in [-0.05, 0) is 30.0 Å². The molecule has 1 heterocycles. The predicted molar refractivity (Wildman–Crippen MR) is 92.2 cm³/mol. The molecule has 0 radical (unpaired) electrons. The monoisotopic (exact) mass is 381 g/mol. The third-order valence-electron chi connectivity index (χ3n) is 3.44. The quantitative estimate of drug-likeness (QED) is 0.670. The first kappa shape index (κ1) is 15.3. The Morgan fingerprint density at radius 2 is 2.19 bits per heavy atom. The van der Waals surface area contributed by atoms with Crippen LogP contribution in [0.4, 0.5) is 0 Å². The van der Waals surface area contributed by atoms with Gasteiger partial charge in [-0.25, -0.2) is 4.98 Å². The molecule has 1 aliphatic rings. The first-order valence-electron chi connectivity index (χ1n) is 6.83. The first-order valence-corrected chi connectivity index (χ1v) is 9.43. The Bertz CT molecular complexity index is 693. The first-order chi connectivity index (χ1) is 9.93. The molecule has 0 fully saturated rings. The summed E-state index contributed by atoms with van der Waals surface area (Å²) in [5.74, 6) is 1.08. The SMILES string of the molecule is CC1(C)CC(=O)c2sc(CSc3cccc(Br)c3)nc2C1. The van der Waals surface area contributed by atoms with Crippen LogP contribution in [-0.2, 0) is 12.2 Å². The molecule has 0 N–H and O–H groups in total. The minimum Gasteiger partial charge on any atom is -0.293 e. The molecular formula is C16H16BrNOS2. The van der Waals surface area contributed by atoms with Gasteiger partial charge in [0, 0.05) is 15.8 Å². The molecule has 0 amide bonds. The normalized spacial score (nSPS) is 16.8. The molecule has 0 unspecified atom stereocenters. The second kappa shape index (κ2) is 5.86. The number of thiazole rings is 1. The van der Waals surface area contributed by atoms with Crippen molar-refractivity contribution in [2.45, 2.75) is 37.3 Å². The summed E-state index contributed by atoms with van der Waals surface area (Å²) in [7, 11) is 0. The number of aromatic nitrogens is 1. The minimum absolute atomic E-state index is 0.0485. The highest BCUT2D eigenvalue weighted by atomic mass is 79.9. The Morgan fingerprint density at radius 1 is 1.38 bits per heavy atom. The van der Waals surface area contributed by atoms with Gasteiger partial charge in [-0.3, -0.25) is 4.79 Å². The molecule has 21 heavy (non-hydrogen) atoms. The molecule has 2 aromatic rings. The van der Waals surface area contributed by atoms with Crippen molar-refractivity contribution in [3.63, 3.8) is 0 Å². The van der Waals surface area contributed by atoms with Crippen molar-refractivity contribution >= 4 is 44.8 Å². The van der Waals surface area contributed by atoms with Crippen LogP contribution in [0, 0.1) is 5.41 Å². The Balaban J connectivity index is 1.75. The van der Waals surface area contributed by atoms with Gasteiger partial charge in [0.1, 0.15) is 5.01 Å². The van der Waals surface area contributed by atoms with Gasteiger partial charge >= 0.3 is 0 Å². The van der Waals surface area contributed by atoms with Crippen LogP contribution in [0.25, 0.3) is 0 Å². The highest BCUT2D eigenvalue weighted by Gasteiger charge is 2.33. The smallest absolute Gasteiger partial charge is 0.175 e. The van der Waals surface area contributed by atoms with Crippen LogP contribution in [0.15, 0.2) is 33.6 Å². The molecule has 0 atom stereocenters. The van der Waals surface area contributed by atoms with E-state index < -0.39 is 0 Å². The van der Waals surface area contributed by atoms with Crippen molar-refractivity contribution < 1.29 is 4.79 Å². The average Bonchev–Trinajstić information content (AvgIpc) is 2.78. The number of thioether (sulfide) groups is 1. The van der Waals surface area contributed by atoms with Gasteiger partial charge in [-0.2, -0.15) is 0 Å². The van der Waals surface area contributed by atoms with Crippen molar-refractivity contribution in [1.29, 1.82) is 0 Å². The summed E-state index contributed by atoms with van der Waals surface area (Å²) >= 11 is 6.82. The van der Waals surface area contributed by atoms with Crippen LogP contribution in [-0.4, -0.2) is 10.8 Å². The fraction of sp³-hybridized carbons (Fsp3) is 0.375. The zero-order chi connectivity index (χ0) is 15.0. The molecule has 110 valence electrons. The van der Waals surface area contributed by atoms with Crippen LogP contribution in [0.1, 0.15) is 40.6 Å². The van der Waals surface area contributed by atoms with Crippen molar-refractivity contribution in [2.24, 2.45) is 5.41 Å². The minimum atomic E-state index is 0.0485. The molecule has 0 aliphatic heterocycles. The van der Waals surface area contributed by atoms with Crippen LogP contribution in [0.5, 0.6) is 0 Å². The fourth-order valence-electron chi connectivity index (χ4n) is 2.53. The van der Waals surface area contributed by atoms with E-state index in [0.29, 0.717) is 6.42 Å². The van der Waals surface area contributed by atoms with E-state index in [1.165, 1.54) is 4.90 Å². The Morgan fingerprint density at radius 3 is 2.95 bits per heavy atom. The van der Waals surface area contributed by atoms with Crippen molar-refractivity contribution in [3.8, 4) is 0 Å². The summed E-state index contributed by atoms with van der Waals surface area (Å²) in [6, 6.07) is 8.25. The predicted octanol–water partition coefficient (Wildman–Crippen LogP) is 5.35. The third kappa shape index (κ3) is 3.58. The number of carbonyl (C=O) groups excluding carboxylic acids is 1. The molecular weight excluding hydrogens is 366 g/mol. The summed E-state index contributed by atoms with van der Waals surface area (Å²) < 4.78 is 1.09. The average molecular weight is 382 g/mol. The Kier molecular flexibility index (Phi) is 4.26. The maximum atomic E-state index is 12.2. The fourth-order valence-corrected chi connectivity index (χ4v) is 5.05. The second-order valence-corrected chi connectivity index (χ2v) is 9.12. The zero-order valence-corrected chi connectivity index (χ0v) is 15.2. The third-order valence-corrected chi connectivity index (χ3v) is 6.26. The van der Waals surface area contributed by atoms with Gasteiger partial charge in [0.25, 0.3) is 0 Å². The lowest BCUT2D eigenvalue weighted by atomic mass is 9.78. The molecule has 0 spiro atoms. The maximum Gasteiger partial charge on any atom is 0.175 e. The number of ketones is 1. The number of nitrogens with zero attached hydrogens (tertiary/aromatic N) is 1. The largest absolute Gasteiger partial charge is 0.293 e. The second-order valence-electron chi connectivity index (χ2n) is 6.07. The number of rotatable bonds is 3. The highest BCUT2D eigenvalue weighted by molar-refractivity contribution is 9.10. The van der Waals surface area contributed by atoms with E-state index >= 15 is 0 Å². The molecule has 1 aliphatic carbocycles. The summed E-state index contributed by atoms with van der Waals surface area (Å²) in [6.07, 6.45) is 1.55. The number of halogens is 1. The molecule has 1 aromatic heterocycles. The summed E-state index contributed by atoms with van der Waals surface area (Å²) in [6.45, 7) is 4.28. The number of fused-ring (bicyclic) bond motifs is 1. The van der Waals surface area contributed by atoms with E-state index in [4.69, 9.17) is 4.98 Å². The molecule has 1 aromatic carbocycles. The number of Topliss-reactive ketones (excluding diaryl/α,β-unsaturated/α-hetero) is 1. The van der Waals surface area contributed by atoms with Gasteiger partial charge in [0.2, 0.25) is 0 Å². The van der Waals surface area contributed by atoms with E-state index in [2.05, 4.69) is 41.9 Å². The van der Waals surface area contributed by atoms with Crippen molar-refractivity contribution in [1.82, 2.24) is 4.98 Å². The summed E-state index contributed by atoms with van der Waals surface area (Å²) in [5.41, 5.74) is 1.05. The van der Waals surface area contributed by atoms with Gasteiger partial charge in [0.15, 0.2) is 5.78 Å². The number of hydrogen-bond acceptors (Lipinski definition) is 4. The van der Waals surface area contributed by atoms with E-state index in [9.17, 15) is 4.79 Å². The molecule has 3 rings (SSSR count). The van der Waals surface area contributed by atoms with E-state index in [0.717, 1.165) is 32.2 Å². The van der Waals surface area contributed by atoms with Crippen LogP contribution >= 0.6 is 39.0 Å². The number of benzene rings is 1. The summed E-state index contributed by atoms with van der Waals surface area (Å²) in [4.78, 5) is 19.0. The van der Waals surface area contributed by atoms with Crippen molar-refractivity contribution in [3.05, 3.63) is 44.3 Å². The maximum absolute atomic E-state index is 12.2. The molecule has 0 bridgehead atoms. The Hall–Kier alpha value is -0.650. The van der Waals surface area contributed by atoms with Crippen LogP contribution in [0.2, 0.25) is 0 Å². The molecule has 0 saturated carbocycles. The lowest BCUT2D eigenvalue weighted by Gasteiger charge is -2.26. The van der Waals surface area contributed by atoms with Gasteiger partial charge < -0.3 is 0 Å². The number of carbonyl (C=O) groups is 1. The molecule has 0 saturated heterocycles. The highest BCUT2D eigenvalue weighted by Crippen LogP contribution is 2.38. The zero-order valence-electron chi connectivity index (χ0n) is 12.0. The standard InChI is InChI=1S/C16H16BrNOS2/c1-16(2)7-12-15(13(19)8-16)21-14(18-12)9-20-11-5-3-4-10(17)6-11/h3-6H,7-9H2,1-2H3. The van der Waals surface area contributed by atoms with Gasteiger partial charge in [-0.15, -0.1) is 23.1 Å². The van der Waals surface area contributed by atoms with Gasteiger partial charge in [-0.1, -0.05) is 35.8 Å². The molecule has 5 heteroatoms. The van der Waals surface area contributed by atoms with E-state index in [-0.39, 0.29) is 11.2 Å². The summed E-state index contributed by atoms with van der Waals surface area (Å²) in [5, 5.41) is 1.05. The van der Waals surface area contributed by atoms with Crippen molar-refractivity contribution in [2.75, 3.05) is 0 Å². The van der Waals surface area contributed by atoms with Crippen LogP contribution in [0.3, 0.4) is 0 Å². The van der Waals surface area contributed by atoms with E-state index in [1.54, 1.807) is 23.1 Å².